The van der Waals surface area contributed by atoms with E-state index >= 15 is 0 Å². The van der Waals surface area contributed by atoms with E-state index in [2.05, 4.69) is 11.4 Å². The van der Waals surface area contributed by atoms with Crippen molar-refractivity contribution in [3.05, 3.63) is 29.3 Å². The first-order valence-electron chi connectivity index (χ1n) is 6.06. The standard InChI is InChI=1S/C14H17ClN2O2/c1-9(2)13(8-16)17-14(18)10(3)19-12-6-4-5-11(15)7-12/h4-7,9-10,13H,1-3H3,(H,17,18). The molecule has 1 aromatic rings. The Labute approximate surface area is 118 Å². The molecule has 0 saturated carbocycles. The summed E-state index contributed by atoms with van der Waals surface area (Å²) in [5.74, 6) is 0.251. The predicted molar refractivity (Wildman–Crippen MR) is 73.9 cm³/mol. The average Bonchev–Trinajstić information content (AvgIpc) is 2.35. The summed E-state index contributed by atoms with van der Waals surface area (Å²) in [5, 5.41) is 12.1. The highest BCUT2D eigenvalue weighted by molar-refractivity contribution is 6.30. The van der Waals surface area contributed by atoms with Gasteiger partial charge in [-0.25, -0.2) is 0 Å². The zero-order valence-corrected chi connectivity index (χ0v) is 11.9. The van der Waals surface area contributed by atoms with Crippen molar-refractivity contribution < 1.29 is 9.53 Å². The average molecular weight is 281 g/mol. The molecule has 0 aliphatic rings. The van der Waals surface area contributed by atoms with E-state index in [0.717, 1.165) is 0 Å². The summed E-state index contributed by atoms with van der Waals surface area (Å²) in [6.07, 6.45) is -0.687. The van der Waals surface area contributed by atoms with Crippen LogP contribution in [0.15, 0.2) is 24.3 Å². The van der Waals surface area contributed by atoms with Crippen molar-refractivity contribution in [3.63, 3.8) is 0 Å². The first-order valence-corrected chi connectivity index (χ1v) is 6.44. The van der Waals surface area contributed by atoms with E-state index in [1.54, 1.807) is 31.2 Å². The second kappa shape index (κ2) is 7.01. The largest absolute Gasteiger partial charge is 0.481 e. The van der Waals surface area contributed by atoms with Gasteiger partial charge in [0.2, 0.25) is 0 Å². The molecule has 0 aromatic heterocycles. The summed E-state index contributed by atoms with van der Waals surface area (Å²) in [6.45, 7) is 5.37. The topological polar surface area (TPSA) is 62.1 Å². The van der Waals surface area contributed by atoms with Gasteiger partial charge < -0.3 is 10.1 Å². The summed E-state index contributed by atoms with van der Waals surface area (Å²) >= 11 is 5.83. The fourth-order valence-electron chi connectivity index (χ4n) is 1.42. The van der Waals surface area contributed by atoms with Crippen LogP contribution in [0.25, 0.3) is 0 Å². The van der Waals surface area contributed by atoms with Gasteiger partial charge in [0.05, 0.1) is 6.07 Å². The van der Waals surface area contributed by atoms with Crippen molar-refractivity contribution in [2.45, 2.75) is 32.9 Å². The number of carbonyl (C=O) groups excluding carboxylic acids is 1. The van der Waals surface area contributed by atoms with Gasteiger partial charge in [0.1, 0.15) is 11.8 Å². The van der Waals surface area contributed by atoms with E-state index < -0.39 is 12.1 Å². The van der Waals surface area contributed by atoms with Crippen LogP contribution in [-0.4, -0.2) is 18.1 Å². The SMILES string of the molecule is CC(Oc1cccc(Cl)c1)C(=O)NC(C#N)C(C)C. The number of ether oxygens (including phenoxy) is 1. The molecule has 1 aromatic carbocycles. The molecule has 0 spiro atoms. The first-order chi connectivity index (χ1) is 8.93. The number of hydrogen-bond donors (Lipinski definition) is 1. The molecule has 5 heteroatoms. The Balaban J connectivity index is 2.61. The third-order valence-electron chi connectivity index (χ3n) is 2.58. The fraction of sp³-hybridized carbons (Fsp3) is 0.429. The maximum Gasteiger partial charge on any atom is 0.261 e. The van der Waals surface area contributed by atoms with Gasteiger partial charge in [-0.05, 0) is 31.0 Å². The molecule has 4 nitrogen and oxygen atoms in total. The highest BCUT2D eigenvalue weighted by Crippen LogP contribution is 2.18. The molecule has 0 aliphatic carbocycles. The number of nitrogens with zero attached hydrogens (tertiary/aromatic N) is 1. The number of halogens is 1. The summed E-state index contributed by atoms with van der Waals surface area (Å²) in [5.41, 5.74) is 0. The van der Waals surface area contributed by atoms with Crippen LogP contribution in [0.4, 0.5) is 0 Å². The lowest BCUT2D eigenvalue weighted by Crippen LogP contribution is -2.44. The number of carbonyl (C=O) groups is 1. The van der Waals surface area contributed by atoms with Crippen LogP contribution in [-0.2, 0) is 4.79 Å². The molecule has 1 N–H and O–H groups in total. The maximum absolute atomic E-state index is 11.9. The zero-order chi connectivity index (χ0) is 14.4. The highest BCUT2D eigenvalue weighted by Gasteiger charge is 2.20. The lowest BCUT2D eigenvalue weighted by atomic mass is 10.1. The molecule has 0 bridgehead atoms. The van der Waals surface area contributed by atoms with E-state index in [1.807, 2.05) is 13.8 Å². The zero-order valence-electron chi connectivity index (χ0n) is 11.2. The predicted octanol–water partition coefficient (Wildman–Crippen LogP) is 2.77. The van der Waals surface area contributed by atoms with Gasteiger partial charge >= 0.3 is 0 Å². The summed E-state index contributed by atoms with van der Waals surface area (Å²) in [4.78, 5) is 11.9. The minimum absolute atomic E-state index is 0.0484. The van der Waals surface area contributed by atoms with Crippen LogP contribution in [0, 0.1) is 17.2 Å². The number of hydrogen-bond acceptors (Lipinski definition) is 3. The molecule has 1 rings (SSSR count). The van der Waals surface area contributed by atoms with E-state index in [9.17, 15) is 4.79 Å². The molecule has 2 unspecified atom stereocenters. The monoisotopic (exact) mass is 280 g/mol. The Morgan fingerprint density at radius 3 is 2.63 bits per heavy atom. The number of nitriles is 1. The van der Waals surface area contributed by atoms with Crippen LogP contribution in [0.3, 0.4) is 0 Å². The maximum atomic E-state index is 11.9. The molecule has 0 fully saturated rings. The normalized spacial score (nSPS) is 13.5. The van der Waals surface area contributed by atoms with Gasteiger partial charge in [0, 0.05) is 5.02 Å². The number of nitrogens with one attached hydrogen (secondary N) is 1. The molecular formula is C14H17ClN2O2. The molecule has 0 radical (unpaired) electrons. The van der Waals surface area contributed by atoms with E-state index in [0.29, 0.717) is 10.8 Å². The lowest BCUT2D eigenvalue weighted by molar-refractivity contribution is -0.127. The molecule has 19 heavy (non-hydrogen) atoms. The number of rotatable bonds is 5. The van der Waals surface area contributed by atoms with Gasteiger partial charge in [-0.3, -0.25) is 4.79 Å². The molecule has 0 saturated heterocycles. The van der Waals surface area contributed by atoms with Gasteiger partial charge in [-0.15, -0.1) is 0 Å². The minimum atomic E-state index is -0.687. The van der Waals surface area contributed by atoms with Gasteiger partial charge in [-0.1, -0.05) is 31.5 Å². The second-order valence-electron chi connectivity index (χ2n) is 4.58. The lowest BCUT2D eigenvalue weighted by Gasteiger charge is -2.19. The van der Waals surface area contributed by atoms with E-state index in [4.69, 9.17) is 21.6 Å². The molecule has 2 atom stereocenters. The van der Waals surface area contributed by atoms with Crippen molar-refractivity contribution in [1.29, 1.82) is 5.26 Å². The van der Waals surface area contributed by atoms with Crippen molar-refractivity contribution in [3.8, 4) is 11.8 Å². The van der Waals surface area contributed by atoms with Crippen molar-refractivity contribution in [2.24, 2.45) is 5.92 Å². The van der Waals surface area contributed by atoms with Crippen LogP contribution < -0.4 is 10.1 Å². The van der Waals surface area contributed by atoms with Gasteiger partial charge in [0.25, 0.3) is 5.91 Å². The van der Waals surface area contributed by atoms with E-state index in [-0.39, 0.29) is 11.8 Å². The summed E-state index contributed by atoms with van der Waals surface area (Å²) in [6, 6.07) is 8.36. The Bertz CT molecular complexity index is 483. The summed E-state index contributed by atoms with van der Waals surface area (Å²) in [7, 11) is 0. The van der Waals surface area contributed by atoms with Crippen LogP contribution in [0.1, 0.15) is 20.8 Å². The van der Waals surface area contributed by atoms with E-state index in [1.165, 1.54) is 0 Å². The highest BCUT2D eigenvalue weighted by atomic mass is 35.5. The Morgan fingerprint density at radius 2 is 2.11 bits per heavy atom. The Kier molecular flexibility index (Phi) is 5.65. The van der Waals surface area contributed by atoms with Crippen molar-refractivity contribution >= 4 is 17.5 Å². The fourth-order valence-corrected chi connectivity index (χ4v) is 1.60. The Morgan fingerprint density at radius 1 is 1.42 bits per heavy atom. The van der Waals surface area contributed by atoms with Crippen LogP contribution >= 0.6 is 11.6 Å². The van der Waals surface area contributed by atoms with Crippen LogP contribution in [0.2, 0.25) is 5.02 Å². The van der Waals surface area contributed by atoms with Crippen molar-refractivity contribution in [2.75, 3.05) is 0 Å². The smallest absolute Gasteiger partial charge is 0.261 e. The van der Waals surface area contributed by atoms with Crippen molar-refractivity contribution in [1.82, 2.24) is 5.32 Å². The third kappa shape index (κ3) is 4.80. The second-order valence-corrected chi connectivity index (χ2v) is 5.01. The third-order valence-corrected chi connectivity index (χ3v) is 2.82. The quantitative estimate of drug-likeness (QED) is 0.902. The molecule has 0 aliphatic heterocycles. The van der Waals surface area contributed by atoms with Crippen LogP contribution in [0.5, 0.6) is 5.75 Å². The number of amides is 1. The molecule has 102 valence electrons. The van der Waals surface area contributed by atoms with Gasteiger partial charge in [-0.2, -0.15) is 5.26 Å². The molecule has 1 amide bonds. The van der Waals surface area contributed by atoms with Gasteiger partial charge in [0.15, 0.2) is 6.10 Å². The number of benzene rings is 1. The Hall–Kier alpha value is -1.73. The minimum Gasteiger partial charge on any atom is -0.481 e. The summed E-state index contributed by atoms with van der Waals surface area (Å²) < 4.78 is 5.48. The molecule has 0 heterocycles. The molecular weight excluding hydrogens is 264 g/mol. The first kappa shape index (κ1) is 15.3.